The molecule has 1 N–H and O–H groups in total. The molecule has 0 aliphatic rings. The molecule has 2 aromatic heterocycles. The Kier molecular flexibility index (Phi) is 3.88. The van der Waals surface area contributed by atoms with E-state index in [-0.39, 0.29) is 17.1 Å². The van der Waals surface area contributed by atoms with Crippen molar-refractivity contribution < 1.29 is 27.4 Å². The molecule has 0 radical (unpaired) electrons. The fourth-order valence-electron chi connectivity index (χ4n) is 1.74. The maximum atomic E-state index is 12.6. The molecule has 0 atom stereocenters. The van der Waals surface area contributed by atoms with Crippen LogP contribution in [-0.4, -0.2) is 30.2 Å². The number of H-pyrrole nitrogens is 1. The third-order valence-electron chi connectivity index (χ3n) is 2.78. The van der Waals surface area contributed by atoms with Crippen LogP contribution in [0.5, 0.6) is 5.75 Å². The van der Waals surface area contributed by atoms with Gasteiger partial charge >= 0.3 is 12.1 Å². The zero-order valence-corrected chi connectivity index (χ0v) is 11.1. The number of ether oxygens (including phenoxy) is 2. The minimum atomic E-state index is -4.44. The fourth-order valence-corrected chi connectivity index (χ4v) is 1.74. The van der Waals surface area contributed by atoms with Gasteiger partial charge in [0.05, 0.1) is 31.0 Å². The zero-order valence-electron chi connectivity index (χ0n) is 11.1. The Morgan fingerprint density at radius 1 is 1.29 bits per heavy atom. The molecule has 5 nitrogen and oxygen atoms in total. The van der Waals surface area contributed by atoms with E-state index < -0.39 is 17.7 Å². The topological polar surface area (TPSA) is 64.2 Å². The quantitative estimate of drug-likeness (QED) is 0.885. The van der Waals surface area contributed by atoms with Crippen molar-refractivity contribution in [2.75, 3.05) is 14.2 Å². The summed E-state index contributed by atoms with van der Waals surface area (Å²) in [7, 11) is 2.54. The number of pyridine rings is 1. The summed E-state index contributed by atoms with van der Waals surface area (Å²) < 4.78 is 47.4. The van der Waals surface area contributed by atoms with Gasteiger partial charge in [0.2, 0.25) is 0 Å². The van der Waals surface area contributed by atoms with Crippen molar-refractivity contribution in [1.82, 2.24) is 9.97 Å². The number of nitrogens with one attached hydrogen (secondary N) is 1. The van der Waals surface area contributed by atoms with E-state index >= 15 is 0 Å². The standard InChI is InChI=1S/C13H11F3N2O3/c1-20-11-4-10(12(19)21-2)18-6-8(11)9-3-7(5-17-9)13(14,15)16/h3-6,17H,1-2H3. The first kappa shape index (κ1) is 14.9. The van der Waals surface area contributed by atoms with Crippen molar-refractivity contribution >= 4 is 5.97 Å². The summed E-state index contributed by atoms with van der Waals surface area (Å²) in [6.45, 7) is 0. The summed E-state index contributed by atoms with van der Waals surface area (Å²) in [5, 5.41) is 0. The Balaban J connectivity index is 2.44. The molecule has 2 rings (SSSR count). The SMILES string of the molecule is COC(=O)c1cc(OC)c(-c2cc(C(F)(F)F)c[nH]2)cn1. The summed E-state index contributed by atoms with van der Waals surface area (Å²) in [4.78, 5) is 17.7. The second kappa shape index (κ2) is 5.47. The molecule has 2 aromatic rings. The van der Waals surface area contributed by atoms with Crippen molar-refractivity contribution in [2.24, 2.45) is 0 Å². The molecule has 21 heavy (non-hydrogen) atoms. The van der Waals surface area contributed by atoms with Crippen molar-refractivity contribution in [3.63, 3.8) is 0 Å². The number of rotatable bonds is 3. The molecule has 0 bridgehead atoms. The Morgan fingerprint density at radius 2 is 2.00 bits per heavy atom. The Morgan fingerprint density at radius 3 is 2.52 bits per heavy atom. The number of methoxy groups -OCH3 is 2. The van der Waals surface area contributed by atoms with Gasteiger partial charge in [0.25, 0.3) is 0 Å². The third kappa shape index (κ3) is 2.99. The predicted octanol–water partition coefficient (Wildman–Crippen LogP) is 2.89. The largest absolute Gasteiger partial charge is 0.496 e. The highest BCUT2D eigenvalue weighted by Crippen LogP contribution is 2.35. The number of esters is 1. The van der Waals surface area contributed by atoms with Crippen LogP contribution in [0.3, 0.4) is 0 Å². The van der Waals surface area contributed by atoms with Crippen molar-refractivity contribution in [3.05, 3.63) is 35.8 Å². The van der Waals surface area contributed by atoms with Gasteiger partial charge in [-0.15, -0.1) is 0 Å². The summed E-state index contributed by atoms with van der Waals surface area (Å²) >= 11 is 0. The molecular weight excluding hydrogens is 289 g/mol. The highest BCUT2D eigenvalue weighted by Gasteiger charge is 2.32. The number of nitrogens with zero attached hydrogens (tertiary/aromatic N) is 1. The summed E-state index contributed by atoms with van der Waals surface area (Å²) in [5.74, 6) is -0.455. The van der Waals surface area contributed by atoms with Crippen LogP contribution in [0, 0.1) is 0 Å². The molecule has 112 valence electrons. The van der Waals surface area contributed by atoms with E-state index in [1.807, 2.05) is 0 Å². The van der Waals surface area contributed by atoms with Crippen LogP contribution in [0.4, 0.5) is 13.2 Å². The van der Waals surface area contributed by atoms with E-state index in [0.29, 0.717) is 5.56 Å². The van der Waals surface area contributed by atoms with Gasteiger partial charge in [-0.25, -0.2) is 9.78 Å². The van der Waals surface area contributed by atoms with Gasteiger partial charge in [0.1, 0.15) is 5.75 Å². The molecule has 0 spiro atoms. The summed E-state index contributed by atoms with van der Waals surface area (Å²) in [5.41, 5.74) is -0.318. The van der Waals surface area contributed by atoms with Crippen molar-refractivity contribution in [2.45, 2.75) is 6.18 Å². The lowest BCUT2D eigenvalue weighted by Crippen LogP contribution is -2.05. The number of carbonyl (C=O) groups is 1. The second-order valence-corrected chi connectivity index (χ2v) is 4.06. The lowest BCUT2D eigenvalue weighted by atomic mass is 10.1. The Bertz CT molecular complexity index is 665. The van der Waals surface area contributed by atoms with Gasteiger partial charge in [-0.2, -0.15) is 13.2 Å². The van der Waals surface area contributed by atoms with Gasteiger partial charge in [-0.05, 0) is 6.07 Å². The van der Waals surface area contributed by atoms with E-state index in [4.69, 9.17) is 4.74 Å². The molecule has 0 fully saturated rings. The van der Waals surface area contributed by atoms with E-state index in [1.165, 1.54) is 26.5 Å². The number of carbonyl (C=O) groups excluding carboxylic acids is 1. The van der Waals surface area contributed by atoms with Gasteiger partial charge in [0.15, 0.2) is 5.69 Å². The van der Waals surface area contributed by atoms with E-state index in [1.54, 1.807) is 0 Å². The lowest BCUT2D eigenvalue weighted by molar-refractivity contribution is -0.137. The summed E-state index contributed by atoms with van der Waals surface area (Å²) in [6, 6.07) is 2.24. The summed E-state index contributed by atoms with van der Waals surface area (Å²) in [6.07, 6.45) is -2.35. The number of hydrogen-bond acceptors (Lipinski definition) is 4. The van der Waals surface area contributed by atoms with Gasteiger partial charge in [-0.1, -0.05) is 0 Å². The molecule has 0 saturated carbocycles. The monoisotopic (exact) mass is 300 g/mol. The molecule has 0 aliphatic heterocycles. The van der Waals surface area contributed by atoms with Crippen LogP contribution in [-0.2, 0) is 10.9 Å². The molecular formula is C13H11F3N2O3. The maximum absolute atomic E-state index is 12.6. The molecule has 0 saturated heterocycles. The normalized spacial score (nSPS) is 11.3. The van der Waals surface area contributed by atoms with Crippen LogP contribution >= 0.6 is 0 Å². The second-order valence-electron chi connectivity index (χ2n) is 4.06. The van der Waals surface area contributed by atoms with Crippen LogP contribution in [0.15, 0.2) is 24.5 Å². The van der Waals surface area contributed by atoms with Gasteiger partial charge < -0.3 is 14.5 Å². The number of alkyl halides is 3. The van der Waals surface area contributed by atoms with Crippen molar-refractivity contribution in [1.29, 1.82) is 0 Å². The van der Waals surface area contributed by atoms with Crippen LogP contribution in [0.2, 0.25) is 0 Å². The zero-order chi connectivity index (χ0) is 15.6. The smallest absolute Gasteiger partial charge is 0.417 e. The first-order valence-electron chi connectivity index (χ1n) is 5.75. The predicted molar refractivity (Wildman–Crippen MR) is 66.9 cm³/mol. The van der Waals surface area contributed by atoms with Crippen LogP contribution < -0.4 is 4.74 Å². The third-order valence-corrected chi connectivity index (χ3v) is 2.78. The molecule has 2 heterocycles. The lowest BCUT2D eigenvalue weighted by Gasteiger charge is -2.08. The fraction of sp³-hybridized carbons (Fsp3) is 0.231. The van der Waals surface area contributed by atoms with Gasteiger partial charge in [-0.3, -0.25) is 0 Å². The number of halogens is 3. The minimum absolute atomic E-state index is 0.000649. The highest BCUT2D eigenvalue weighted by molar-refractivity contribution is 5.88. The van der Waals surface area contributed by atoms with Crippen LogP contribution in [0.1, 0.15) is 16.1 Å². The average Bonchev–Trinajstić information content (AvgIpc) is 2.95. The van der Waals surface area contributed by atoms with E-state index in [9.17, 15) is 18.0 Å². The number of aromatic amines is 1. The molecule has 0 amide bonds. The maximum Gasteiger partial charge on any atom is 0.417 e. The van der Waals surface area contributed by atoms with Crippen LogP contribution in [0.25, 0.3) is 11.3 Å². The first-order chi connectivity index (χ1) is 9.86. The van der Waals surface area contributed by atoms with E-state index in [2.05, 4.69) is 14.7 Å². The minimum Gasteiger partial charge on any atom is -0.496 e. The first-order valence-corrected chi connectivity index (χ1v) is 5.75. The Labute approximate surface area is 117 Å². The van der Waals surface area contributed by atoms with E-state index in [0.717, 1.165) is 12.3 Å². The molecule has 0 unspecified atom stereocenters. The molecule has 0 aromatic carbocycles. The number of hydrogen-bond donors (Lipinski definition) is 1. The van der Waals surface area contributed by atoms with Gasteiger partial charge in [0, 0.05) is 18.5 Å². The highest BCUT2D eigenvalue weighted by atomic mass is 19.4. The Hall–Kier alpha value is -2.51. The number of aromatic nitrogens is 2. The average molecular weight is 300 g/mol. The van der Waals surface area contributed by atoms with Crippen molar-refractivity contribution in [3.8, 4) is 17.0 Å². The molecule has 0 aliphatic carbocycles. The molecule has 8 heteroatoms.